The van der Waals surface area contributed by atoms with E-state index in [1.54, 1.807) is 41.2 Å². The summed E-state index contributed by atoms with van der Waals surface area (Å²) in [5, 5.41) is 10.1. The molecule has 168 valence electrons. The number of hydrogen-bond donors (Lipinski definition) is 1. The van der Waals surface area contributed by atoms with E-state index in [4.69, 9.17) is 4.74 Å². The van der Waals surface area contributed by atoms with Gasteiger partial charge in [0.15, 0.2) is 0 Å². The quantitative estimate of drug-likeness (QED) is 0.667. The lowest BCUT2D eigenvalue weighted by Gasteiger charge is -2.58. The summed E-state index contributed by atoms with van der Waals surface area (Å²) in [5.41, 5.74) is 2.57. The highest BCUT2D eigenvalue weighted by Gasteiger charge is 2.55. The Morgan fingerprint density at radius 1 is 0.970 bits per heavy atom. The highest BCUT2D eigenvalue weighted by atomic mass is 19.1. The average Bonchev–Trinajstić information content (AvgIpc) is 2.84. The van der Waals surface area contributed by atoms with Crippen molar-refractivity contribution in [3.63, 3.8) is 0 Å². The third-order valence-electron chi connectivity index (χ3n) is 6.59. The Balaban J connectivity index is 1.50. The monoisotopic (exact) mass is 446 g/mol. The van der Waals surface area contributed by atoms with Gasteiger partial charge in [-0.05, 0) is 60.2 Å². The van der Waals surface area contributed by atoms with Gasteiger partial charge in [-0.3, -0.25) is 9.59 Å². The van der Waals surface area contributed by atoms with Gasteiger partial charge in [-0.15, -0.1) is 0 Å². The van der Waals surface area contributed by atoms with E-state index in [0.717, 1.165) is 11.3 Å². The van der Waals surface area contributed by atoms with Crippen molar-refractivity contribution in [2.75, 3.05) is 25.2 Å². The SMILES string of the molecule is COc1ccc(C(=O)N2C[C@H]3[C@@H](c4ccccc42)[C@@H](CO)N3C(=O)c2ccc(F)cc2)cc1. The van der Waals surface area contributed by atoms with Crippen LogP contribution in [0.2, 0.25) is 0 Å². The van der Waals surface area contributed by atoms with E-state index in [2.05, 4.69) is 0 Å². The Morgan fingerprint density at radius 2 is 1.61 bits per heavy atom. The highest BCUT2D eigenvalue weighted by molar-refractivity contribution is 6.07. The Kier molecular flexibility index (Phi) is 5.34. The van der Waals surface area contributed by atoms with Gasteiger partial charge in [-0.2, -0.15) is 0 Å². The molecule has 7 heteroatoms. The molecule has 2 aliphatic heterocycles. The smallest absolute Gasteiger partial charge is 0.258 e. The minimum Gasteiger partial charge on any atom is -0.497 e. The minimum atomic E-state index is -0.422. The number of rotatable bonds is 4. The van der Waals surface area contributed by atoms with Crippen molar-refractivity contribution in [3.8, 4) is 5.75 Å². The topological polar surface area (TPSA) is 70.1 Å². The Labute approximate surface area is 190 Å². The fourth-order valence-corrected chi connectivity index (χ4v) is 4.99. The van der Waals surface area contributed by atoms with Crippen LogP contribution in [0, 0.1) is 5.82 Å². The molecule has 0 radical (unpaired) electrons. The van der Waals surface area contributed by atoms with Gasteiger partial charge in [-0.1, -0.05) is 18.2 Å². The zero-order valence-corrected chi connectivity index (χ0v) is 18.0. The largest absolute Gasteiger partial charge is 0.497 e. The van der Waals surface area contributed by atoms with Crippen molar-refractivity contribution in [2.45, 2.75) is 18.0 Å². The number of nitrogens with zero attached hydrogens (tertiary/aromatic N) is 2. The summed E-state index contributed by atoms with van der Waals surface area (Å²) in [5.74, 6) is -0.312. The van der Waals surface area contributed by atoms with Crippen LogP contribution in [0.5, 0.6) is 5.75 Å². The Morgan fingerprint density at radius 3 is 2.27 bits per heavy atom. The molecule has 33 heavy (non-hydrogen) atoms. The van der Waals surface area contributed by atoms with E-state index in [1.807, 2.05) is 24.3 Å². The molecule has 3 aromatic carbocycles. The van der Waals surface area contributed by atoms with E-state index < -0.39 is 11.9 Å². The lowest BCUT2D eigenvalue weighted by atomic mass is 9.71. The van der Waals surface area contributed by atoms with Crippen LogP contribution in [0.4, 0.5) is 10.1 Å². The number of amides is 2. The summed E-state index contributed by atoms with van der Waals surface area (Å²) in [6.07, 6.45) is 0. The summed E-state index contributed by atoms with van der Waals surface area (Å²) < 4.78 is 18.5. The minimum absolute atomic E-state index is 0.0875. The number of carbonyl (C=O) groups excluding carboxylic acids is 2. The summed E-state index contributed by atoms with van der Waals surface area (Å²) in [6, 6.07) is 19.2. The zero-order chi connectivity index (χ0) is 23.1. The van der Waals surface area contributed by atoms with Crippen molar-refractivity contribution in [1.82, 2.24) is 4.90 Å². The maximum Gasteiger partial charge on any atom is 0.258 e. The van der Waals surface area contributed by atoms with Crippen LogP contribution in [-0.4, -0.2) is 54.2 Å². The summed E-state index contributed by atoms with van der Waals surface area (Å²) >= 11 is 0. The number of carbonyl (C=O) groups is 2. The Hall–Kier alpha value is -3.71. The molecule has 1 saturated heterocycles. The number of anilines is 1. The molecule has 2 amide bonds. The molecule has 3 atom stereocenters. The third kappa shape index (κ3) is 3.45. The van der Waals surface area contributed by atoms with Crippen LogP contribution in [0.3, 0.4) is 0 Å². The number of fused-ring (bicyclic) bond motifs is 3. The van der Waals surface area contributed by atoms with Crippen LogP contribution < -0.4 is 9.64 Å². The number of aliphatic hydroxyl groups excluding tert-OH is 1. The molecule has 3 aromatic rings. The lowest BCUT2D eigenvalue weighted by molar-refractivity contribution is -0.0246. The number of halogens is 1. The predicted molar refractivity (Wildman–Crippen MR) is 121 cm³/mol. The summed E-state index contributed by atoms with van der Waals surface area (Å²) in [4.78, 5) is 30.0. The van der Waals surface area contributed by atoms with Crippen molar-refractivity contribution in [1.29, 1.82) is 0 Å². The van der Waals surface area contributed by atoms with E-state index in [0.29, 0.717) is 23.4 Å². The fraction of sp³-hybridized carbons (Fsp3) is 0.231. The molecule has 0 unspecified atom stereocenters. The normalized spacial score (nSPS) is 21.0. The van der Waals surface area contributed by atoms with Crippen LogP contribution in [-0.2, 0) is 0 Å². The van der Waals surface area contributed by atoms with E-state index >= 15 is 0 Å². The van der Waals surface area contributed by atoms with Gasteiger partial charge in [0.2, 0.25) is 0 Å². The van der Waals surface area contributed by atoms with Crippen molar-refractivity contribution in [3.05, 3.63) is 95.3 Å². The second kappa shape index (κ2) is 8.33. The van der Waals surface area contributed by atoms with Crippen LogP contribution in [0.25, 0.3) is 0 Å². The molecule has 0 aliphatic carbocycles. The number of ether oxygens (including phenoxy) is 1. The van der Waals surface area contributed by atoms with Crippen molar-refractivity contribution < 1.29 is 23.8 Å². The van der Waals surface area contributed by atoms with Gasteiger partial charge in [0.05, 0.1) is 25.8 Å². The molecule has 6 nitrogen and oxygen atoms in total. The van der Waals surface area contributed by atoms with Gasteiger partial charge in [-0.25, -0.2) is 4.39 Å². The van der Waals surface area contributed by atoms with Gasteiger partial charge in [0.25, 0.3) is 11.8 Å². The molecule has 2 heterocycles. The molecule has 2 aliphatic rings. The van der Waals surface area contributed by atoms with E-state index in [-0.39, 0.29) is 30.4 Å². The van der Waals surface area contributed by atoms with E-state index in [1.165, 1.54) is 24.3 Å². The van der Waals surface area contributed by atoms with Crippen molar-refractivity contribution >= 4 is 17.5 Å². The highest BCUT2D eigenvalue weighted by Crippen LogP contribution is 2.48. The molecule has 0 aromatic heterocycles. The summed E-state index contributed by atoms with van der Waals surface area (Å²) in [6.45, 7) is 0.102. The standard InChI is InChI=1S/C26H23FN2O4/c1-33-19-12-8-16(9-13-19)25(31)28-14-22-24(20-4-2-3-5-21(20)28)23(15-30)29(22)26(32)17-6-10-18(27)11-7-17/h2-13,22-24,30H,14-15H2,1H3/t22-,23+,24+/m0/s1. The molecule has 1 fully saturated rings. The van der Waals surface area contributed by atoms with Crippen LogP contribution >= 0.6 is 0 Å². The molecule has 0 spiro atoms. The number of likely N-dealkylation sites (tertiary alicyclic amines) is 1. The molecule has 1 N–H and O–H groups in total. The predicted octanol–water partition coefficient (Wildman–Crippen LogP) is 3.46. The second-order valence-corrected chi connectivity index (χ2v) is 8.27. The average molecular weight is 446 g/mol. The third-order valence-corrected chi connectivity index (χ3v) is 6.59. The number of aliphatic hydroxyl groups is 1. The first-order valence-corrected chi connectivity index (χ1v) is 10.8. The molecule has 0 saturated carbocycles. The molecular formula is C26H23FN2O4. The number of hydrogen-bond acceptors (Lipinski definition) is 4. The molecule has 5 rings (SSSR count). The van der Waals surface area contributed by atoms with Crippen molar-refractivity contribution in [2.24, 2.45) is 0 Å². The number of para-hydroxylation sites is 1. The van der Waals surface area contributed by atoms with Crippen LogP contribution in [0.1, 0.15) is 32.2 Å². The molecular weight excluding hydrogens is 423 g/mol. The van der Waals surface area contributed by atoms with Gasteiger partial charge in [0.1, 0.15) is 11.6 Å². The second-order valence-electron chi connectivity index (χ2n) is 8.27. The fourth-order valence-electron chi connectivity index (χ4n) is 4.99. The number of methoxy groups -OCH3 is 1. The first-order valence-electron chi connectivity index (χ1n) is 10.8. The lowest BCUT2D eigenvalue weighted by Crippen LogP contribution is -2.70. The number of benzene rings is 3. The molecule has 0 bridgehead atoms. The zero-order valence-electron chi connectivity index (χ0n) is 18.0. The maximum absolute atomic E-state index is 13.5. The van der Waals surface area contributed by atoms with Crippen LogP contribution in [0.15, 0.2) is 72.8 Å². The first-order chi connectivity index (χ1) is 16.0. The van der Waals surface area contributed by atoms with Gasteiger partial charge < -0.3 is 19.6 Å². The Bertz CT molecular complexity index is 1200. The first kappa shape index (κ1) is 21.2. The summed E-state index contributed by atoms with van der Waals surface area (Å²) in [7, 11) is 1.57. The van der Waals surface area contributed by atoms with Gasteiger partial charge in [0, 0.05) is 29.3 Å². The van der Waals surface area contributed by atoms with Gasteiger partial charge >= 0.3 is 0 Å². The maximum atomic E-state index is 13.5. The van der Waals surface area contributed by atoms with E-state index in [9.17, 15) is 19.1 Å².